The number of anilines is 1. The Balaban J connectivity index is 2.10. The van der Waals surface area contributed by atoms with Gasteiger partial charge in [0.25, 0.3) is 0 Å². The average molecular weight is 349 g/mol. The molecule has 1 saturated heterocycles. The first-order valence-electron chi connectivity index (χ1n) is 7.22. The molecule has 1 N–H and O–H groups in total. The van der Waals surface area contributed by atoms with Crippen LogP contribution in [0.25, 0.3) is 0 Å². The van der Waals surface area contributed by atoms with E-state index in [4.69, 9.17) is 0 Å². The monoisotopic (exact) mass is 348 g/mol. The number of benzene rings is 1. The van der Waals surface area contributed by atoms with Crippen molar-refractivity contribution in [3.63, 3.8) is 0 Å². The van der Waals surface area contributed by atoms with Crippen LogP contribution >= 0.6 is 15.9 Å². The maximum Gasteiger partial charge on any atom is 0.322 e. The van der Waals surface area contributed by atoms with Crippen molar-refractivity contribution in [1.82, 2.24) is 4.90 Å². The van der Waals surface area contributed by atoms with E-state index in [1.54, 1.807) is 0 Å². The summed E-state index contributed by atoms with van der Waals surface area (Å²) in [5.41, 5.74) is 0.810. The van der Waals surface area contributed by atoms with Gasteiger partial charge in [-0.3, -0.25) is 0 Å². The molecule has 21 heavy (non-hydrogen) atoms. The van der Waals surface area contributed by atoms with Crippen molar-refractivity contribution in [2.24, 2.45) is 0 Å². The van der Waals surface area contributed by atoms with Gasteiger partial charge in [-0.05, 0) is 49.9 Å². The zero-order valence-corrected chi connectivity index (χ0v) is 13.7. The number of amides is 2. The highest BCUT2D eigenvalue weighted by Gasteiger charge is 2.35. The SMILES string of the molecule is C=CCC1CCC(CC=C)N1C(=O)Nc1ccc(Br)cc1. The molecule has 2 unspecified atom stereocenters. The van der Waals surface area contributed by atoms with E-state index in [1.807, 2.05) is 41.3 Å². The van der Waals surface area contributed by atoms with Crippen LogP contribution in [0.3, 0.4) is 0 Å². The van der Waals surface area contributed by atoms with Crippen LogP contribution < -0.4 is 5.32 Å². The predicted octanol–water partition coefficient (Wildman–Crippen LogP) is 4.97. The molecule has 0 radical (unpaired) electrons. The molecular formula is C17H21BrN2O. The second kappa shape index (κ2) is 7.46. The first-order chi connectivity index (χ1) is 10.2. The standard InChI is InChI=1S/C17H21BrN2O/c1-3-5-15-11-12-16(6-4-2)20(15)17(21)19-14-9-7-13(18)8-10-14/h3-4,7-10,15-16H,1-2,5-6,11-12H2,(H,19,21). The summed E-state index contributed by atoms with van der Waals surface area (Å²) in [4.78, 5) is 14.6. The second-order valence-corrected chi connectivity index (χ2v) is 6.19. The van der Waals surface area contributed by atoms with Gasteiger partial charge >= 0.3 is 6.03 Å². The van der Waals surface area contributed by atoms with Gasteiger partial charge in [-0.1, -0.05) is 28.1 Å². The van der Waals surface area contributed by atoms with E-state index in [0.717, 1.165) is 35.8 Å². The van der Waals surface area contributed by atoms with E-state index >= 15 is 0 Å². The molecule has 2 amide bonds. The lowest BCUT2D eigenvalue weighted by Crippen LogP contribution is -2.43. The molecule has 4 heteroatoms. The fourth-order valence-corrected chi connectivity index (χ4v) is 3.13. The largest absolute Gasteiger partial charge is 0.322 e. The first kappa shape index (κ1) is 15.8. The Morgan fingerprint density at radius 3 is 2.19 bits per heavy atom. The van der Waals surface area contributed by atoms with E-state index in [1.165, 1.54) is 0 Å². The van der Waals surface area contributed by atoms with Gasteiger partial charge in [0.2, 0.25) is 0 Å². The predicted molar refractivity (Wildman–Crippen MR) is 91.4 cm³/mol. The van der Waals surface area contributed by atoms with Gasteiger partial charge in [-0.25, -0.2) is 4.79 Å². The normalized spacial score (nSPS) is 21.1. The molecule has 1 aliphatic rings. The highest BCUT2D eigenvalue weighted by molar-refractivity contribution is 9.10. The van der Waals surface area contributed by atoms with Crippen molar-refractivity contribution in [3.05, 3.63) is 54.0 Å². The molecule has 0 aromatic heterocycles. The zero-order valence-electron chi connectivity index (χ0n) is 12.1. The lowest BCUT2D eigenvalue weighted by molar-refractivity contribution is 0.186. The van der Waals surface area contributed by atoms with Crippen molar-refractivity contribution in [1.29, 1.82) is 0 Å². The lowest BCUT2D eigenvalue weighted by Gasteiger charge is -2.29. The molecule has 0 spiro atoms. The van der Waals surface area contributed by atoms with Crippen molar-refractivity contribution in [3.8, 4) is 0 Å². The zero-order chi connectivity index (χ0) is 15.2. The smallest absolute Gasteiger partial charge is 0.318 e. The molecule has 1 aromatic carbocycles. The fraction of sp³-hybridized carbons (Fsp3) is 0.353. The second-order valence-electron chi connectivity index (χ2n) is 5.28. The first-order valence-corrected chi connectivity index (χ1v) is 8.01. The minimum absolute atomic E-state index is 0.0338. The number of carbonyl (C=O) groups is 1. The summed E-state index contributed by atoms with van der Waals surface area (Å²) in [5, 5.41) is 2.99. The van der Waals surface area contributed by atoms with Crippen LogP contribution in [0.1, 0.15) is 25.7 Å². The molecule has 2 rings (SSSR count). The summed E-state index contributed by atoms with van der Waals surface area (Å²) in [6.45, 7) is 7.60. The van der Waals surface area contributed by atoms with Crippen LogP contribution in [0.4, 0.5) is 10.5 Å². The number of nitrogens with one attached hydrogen (secondary N) is 1. The Morgan fingerprint density at radius 1 is 1.19 bits per heavy atom. The number of urea groups is 1. The Labute approximate surface area is 134 Å². The third-order valence-corrected chi connectivity index (χ3v) is 4.36. The molecule has 112 valence electrons. The van der Waals surface area contributed by atoms with Gasteiger partial charge in [0.15, 0.2) is 0 Å². The van der Waals surface area contributed by atoms with Crippen LogP contribution in [0, 0.1) is 0 Å². The summed E-state index contributed by atoms with van der Waals surface area (Å²) in [7, 11) is 0. The van der Waals surface area contributed by atoms with Crippen molar-refractivity contribution < 1.29 is 4.79 Å². The van der Waals surface area contributed by atoms with Crippen LogP contribution in [0.2, 0.25) is 0 Å². The molecule has 1 aliphatic heterocycles. The van der Waals surface area contributed by atoms with Gasteiger partial charge < -0.3 is 10.2 Å². The van der Waals surface area contributed by atoms with Crippen LogP contribution in [0.5, 0.6) is 0 Å². The number of likely N-dealkylation sites (tertiary alicyclic amines) is 1. The summed E-state index contributed by atoms with van der Waals surface area (Å²) in [5.74, 6) is 0. The Bertz CT molecular complexity index is 494. The molecule has 1 fully saturated rings. The molecule has 3 nitrogen and oxygen atoms in total. The van der Waals surface area contributed by atoms with Gasteiger partial charge in [-0.2, -0.15) is 0 Å². The molecule has 1 aromatic rings. The van der Waals surface area contributed by atoms with E-state index in [0.29, 0.717) is 0 Å². The molecule has 0 bridgehead atoms. The highest BCUT2D eigenvalue weighted by Crippen LogP contribution is 2.29. The summed E-state index contributed by atoms with van der Waals surface area (Å²) >= 11 is 3.39. The summed E-state index contributed by atoms with van der Waals surface area (Å²) in [6, 6.07) is 8.07. The lowest BCUT2D eigenvalue weighted by atomic mass is 10.1. The van der Waals surface area contributed by atoms with Crippen LogP contribution in [0.15, 0.2) is 54.0 Å². The summed E-state index contributed by atoms with van der Waals surface area (Å²) < 4.78 is 0.996. The number of halogens is 1. The number of carbonyl (C=O) groups excluding carboxylic acids is 1. The highest BCUT2D eigenvalue weighted by atomic mass is 79.9. The van der Waals surface area contributed by atoms with E-state index in [2.05, 4.69) is 34.4 Å². The third-order valence-electron chi connectivity index (χ3n) is 3.83. The maximum absolute atomic E-state index is 12.6. The Hall–Kier alpha value is -1.55. The molecule has 2 atom stereocenters. The van der Waals surface area contributed by atoms with Crippen molar-refractivity contribution >= 4 is 27.6 Å². The third kappa shape index (κ3) is 3.97. The van der Waals surface area contributed by atoms with Crippen molar-refractivity contribution in [2.45, 2.75) is 37.8 Å². The number of nitrogens with zero attached hydrogens (tertiary/aromatic N) is 1. The van der Waals surface area contributed by atoms with Gasteiger partial charge in [0, 0.05) is 22.2 Å². The molecule has 0 saturated carbocycles. The van der Waals surface area contributed by atoms with Gasteiger partial charge in [-0.15, -0.1) is 13.2 Å². The fourth-order valence-electron chi connectivity index (χ4n) is 2.86. The van der Waals surface area contributed by atoms with Gasteiger partial charge in [0.1, 0.15) is 0 Å². The molecule has 0 aliphatic carbocycles. The Kier molecular flexibility index (Phi) is 5.62. The Morgan fingerprint density at radius 2 is 1.71 bits per heavy atom. The van der Waals surface area contributed by atoms with Crippen LogP contribution in [-0.2, 0) is 0 Å². The maximum atomic E-state index is 12.6. The molecule has 1 heterocycles. The number of hydrogen-bond acceptors (Lipinski definition) is 1. The minimum Gasteiger partial charge on any atom is -0.318 e. The van der Waals surface area contributed by atoms with Gasteiger partial charge in [0.05, 0.1) is 0 Å². The van der Waals surface area contributed by atoms with E-state index in [-0.39, 0.29) is 18.1 Å². The number of hydrogen-bond donors (Lipinski definition) is 1. The summed E-state index contributed by atoms with van der Waals surface area (Å²) in [6.07, 6.45) is 7.50. The number of rotatable bonds is 5. The minimum atomic E-state index is -0.0338. The molecular weight excluding hydrogens is 328 g/mol. The average Bonchev–Trinajstić information content (AvgIpc) is 2.85. The van der Waals surface area contributed by atoms with E-state index < -0.39 is 0 Å². The van der Waals surface area contributed by atoms with Crippen LogP contribution in [-0.4, -0.2) is 23.0 Å². The van der Waals surface area contributed by atoms with Crippen molar-refractivity contribution in [2.75, 3.05) is 5.32 Å². The topological polar surface area (TPSA) is 32.3 Å². The quantitative estimate of drug-likeness (QED) is 0.748. The van der Waals surface area contributed by atoms with E-state index in [9.17, 15) is 4.79 Å².